The van der Waals surface area contributed by atoms with Gasteiger partial charge in [0.2, 0.25) is 0 Å². The number of benzene rings is 2. The summed E-state index contributed by atoms with van der Waals surface area (Å²) in [5.74, 6) is -0.765. The van der Waals surface area contributed by atoms with Gasteiger partial charge in [0.15, 0.2) is 0 Å². The fraction of sp³-hybridized carbons (Fsp3) is 0.250. The number of nitrogens with one attached hydrogen (secondary N) is 1. The molecular weight excluding hydrogens is 270 g/mol. The van der Waals surface area contributed by atoms with Crippen LogP contribution in [0.3, 0.4) is 0 Å². The third-order valence-corrected chi connectivity index (χ3v) is 3.36. The summed E-state index contributed by atoms with van der Waals surface area (Å²) in [4.78, 5) is 23.3. The SMILES string of the molecule is CCC(NC(=O)c1ccc(OC)c2ccccc12)C(=O)O. The molecule has 0 aliphatic carbocycles. The van der Waals surface area contributed by atoms with Crippen molar-refractivity contribution in [3.63, 3.8) is 0 Å². The first-order valence-corrected chi connectivity index (χ1v) is 6.67. The topological polar surface area (TPSA) is 75.6 Å². The summed E-state index contributed by atoms with van der Waals surface area (Å²) in [6.45, 7) is 1.71. The summed E-state index contributed by atoms with van der Waals surface area (Å²) >= 11 is 0. The number of carbonyl (C=O) groups excluding carboxylic acids is 1. The Labute approximate surface area is 122 Å². The molecule has 0 aliphatic rings. The minimum atomic E-state index is -1.04. The van der Waals surface area contributed by atoms with Crippen molar-refractivity contribution in [1.29, 1.82) is 0 Å². The molecule has 0 saturated carbocycles. The summed E-state index contributed by atoms with van der Waals surface area (Å²) in [6, 6.07) is 9.82. The van der Waals surface area contributed by atoms with Crippen molar-refractivity contribution in [3.8, 4) is 5.75 Å². The third kappa shape index (κ3) is 2.97. The second kappa shape index (κ2) is 6.26. The molecule has 2 N–H and O–H groups in total. The van der Waals surface area contributed by atoms with Crippen LogP contribution in [0.25, 0.3) is 10.8 Å². The van der Waals surface area contributed by atoms with Gasteiger partial charge in [-0.1, -0.05) is 31.2 Å². The number of aliphatic carboxylic acids is 1. The highest BCUT2D eigenvalue weighted by Gasteiger charge is 2.20. The largest absolute Gasteiger partial charge is 0.496 e. The van der Waals surface area contributed by atoms with Crippen molar-refractivity contribution in [2.24, 2.45) is 0 Å². The number of rotatable bonds is 5. The highest BCUT2D eigenvalue weighted by molar-refractivity contribution is 6.09. The van der Waals surface area contributed by atoms with Crippen molar-refractivity contribution in [1.82, 2.24) is 5.32 Å². The van der Waals surface area contributed by atoms with Gasteiger partial charge in [0.1, 0.15) is 11.8 Å². The zero-order valence-corrected chi connectivity index (χ0v) is 11.9. The molecule has 0 saturated heterocycles. The maximum atomic E-state index is 12.3. The lowest BCUT2D eigenvalue weighted by atomic mass is 10.0. The predicted molar refractivity (Wildman–Crippen MR) is 79.7 cm³/mol. The number of methoxy groups -OCH3 is 1. The molecule has 0 radical (unpaired) electrons. The first kappa shape index (κ1) is 14.8. The average Bonchev–Trinajstić information content (AvgIpc) is 2.50. The molecule has 5 nitrogen and oxygen atoms in total. The van der Waals surface area contributed by atoms with Crippen molar-refractivity contribution in [3.05, 3.63) is 42.0 Å². The summed E-state index contributed by atoms with van der Waals surface area (Å²) in [6.07, 6.45) is 0.329. The number of carbonyl (C=O) groups is 2. The number of fused-ring (bicyclic) bond motifs is 1. The Kier molecular flexibility index (Phi) is 4.42. The smallest absolute Gasteiger partial charge is 0.326 e. The number of amides is 1. The van der Waals surface area contributed by atoms with Crippen molar-refractivity contribution >= 4 is 22.6 Å². The summed E-state index contributed by atoms with van der Waals surface area (Å²) in [7, 11) is 1.57. The van der Waals surface area contributed by atoms with E-state index in [1.165, 1.54) is 0 Å². The monoisotopic (exact) mass is 287 g/mol. The Hall–Kier alpha value is -2.56. The van der Waals surface area contributed by atoms with Crippen LogP contribution < -0.4 is 10.1 Å². The van der Waals surface area contributed by atoms with Gasteiger partial charge in [-0.25, -0.2) is 4.79 Å². The Morgan fingerprint density at radius 2 is 1.86 bits per heavy atom. The molecule has 21 heavy (non-hydrogen) atoms. The number of hydrogen-bond donors (Lipinski definition) is 2. The van der Waals surface area contributed by atoms with Gasteiger partial charge in [-0.15, -0.1) is 0 Å². The van der Waals surface area contributed by atoms with Crippen LogP contribution in [0.15, 0.2) is 36.4 Å². The van der Waals surface area contributed by atoms with Crippen LogP contribution in [0, 0.1) is 0 Å². The zero-order chi connectivity index (χ0) is 15.4. The number of carboxylic acids is 1. The molecule has 110 valence electrons. The van der Waals surface area contributed by atoms with Crippen molar-refractivity contribution in [2.75, 3.05) is 7.11 Å². The highest BCUT2D eigenvalue weighted by Crippen LogP contribution is 2.28. The van der Waals surface area contributed by atoms with E-state index in [1.807, 2.05) is 24.3 Å². The molecular formula is C16H17NO4. The van der Waals surface area contributed by atoms with E-state index in [0.717, 1.165) is 10.8 Å². The van der Waals surface area contributed by atoms with Crippen LogP contribution in [0.1, 0.15) is 23.7 Å². The van der Waals surface area contributed by atoms with Gasteiger partial charge in [0.25, 0.3) is 5.91 Å². The van der Waals surface area contributed by atoms with Crippen LogP contribution in [0.5, 0.6) is 5.75 Å². The second-order valence-electron chi connectivity index (χ2n) is 4.63. The maximum absolute atomic E-state index is 12.3. The second-order valence-corrected chi connectivity index (χ2v) is 4.63. The fourth-order valence-corrected chi connectivity index (χ4v) is 2.22. The van der Waals surface area contributed by atoms with Gasteiger partial charge in [-0.05, 0) is 23.9 Å². The molecule has 0 aliphatic heterocycles. The summed E-state index contributed by atoms with van der Waals surface area (Å²) in [5, 5.41) is 13.1. The van der Waals surface area contributed by atoms with Crippen molar-refractivity contribution < 1.29 is 19.4 Å². The molecule has 1 amide bonds. The molecule has 0 aromatic heterocycles. The maximum Gasteiger partial charge on any atom is 0.326 e. The first-order chi connectivity index (χ1) is 10.1. The molecule has 1 atom stereocenters. The molecule has 2 aromatic carbocycles. The molecule has 0 bridgehead atoms. The van der Waals surface area contributed by atoms with E-state index in [-0.39, 0.29) is 0 Å². The Bertz CT molecular complexity index is 681. The van der Waals surface area contributed by atoms with Crippen LogP contribution in [-0.2, 0) is 4.79 Å². The molecule has 1 unspecified atom stereocenters. The molecule has 2 rings (SSSR count). The van der Waals surface area contributed by atoms with Gasteiger partial charge in [0, 0.05) is 10.9 Å². The Morgan fingerprint density at radius 1 is 1.19 bits per heavy atom. The minimum absolute atomic E-state index is 0.329. The van der Waals surface area contributed by atoms with E-state index < -0.39 is 17.9 Å². The average molecular weight is 287 g/mol. The normalized spacial score (nSPS) is 11.9. The van der Waals surface area contributed by atoms with Crippen LogP contribution in [0.2, 0.25) is 0 Å². The van der Waals surface area contributed by atoms with Gasteiger partial charge in [0.05, 0.1) is 7.11 Å². The molecule has 0 fully saturated rings. The van der Waals surface area contributed by atoms with E-state index in [0.29, 0.717) is 17.7 Å². The Morgan fingerprint density at radius 3 is 2.43 bits per heavy atom. The predicted octanol–water partition coefficient (Wildman–Crippen LogP) is 2.44. The molecule has 5 heteroatoms. The van der Waals surface area contributed by atoms with Gasteiger partial charge < -0.3 is 15.2 Å². The summed E-state index contributed by atoms with van der Waals surface area (Å²) in [5.41, 5.74) is 0.436. The van der Waals surface area contributed by atoms with Crippen LogP contribution >= 0.6 is 0 Å². The van der Waals surface area contributed by atoms with Gasteiger partial charge in [-0.3, -0.25) is 4.79 Å². The van der Waals surface area contributed by atoms with Gasteiger partial charge in [-0.2, -0.15) is 0 Å². The van der Waals surface area contributed by atoms with Crippen molar-refractivity contribution in [2.45, 2.75) is 19.4 Å². The molecule has 0 spiro atoms. The Balaban J connectivity index is 2.43. The number of carboxylic acid groups (broad SMARTS) is 1. The van der Waals surface area contributed by atoms with Crippen LogP contribution in [-0.4, -0.2) is 30.1 Å². The quantitative estimate of drug-likeness (QED) is 0.885. The fourth-order valence-electron chi connectivity index (χ4n) is 2.22. The molecule has 2 aromatic rings. The number of hydrogen-bond acceptors (Lipinski definition) is 3. The number of ether oxygens (including phenoxy) is 1. The molecule has 0 heterocycles. The van der Waals surface area contributed by atoms with E-state index in [2.05, 4.69) is 5.32 Å². The van der Waals surface area contributed by atoms with Gasteiger partial charge >= 0.3 is 5.97 Å². The van der Waals surface area contributed by atoms with E-state index in [9.17, 15) is 9.59 Å². The minimum Gasteiger partial charge on any atom is -0.496 e. The zero-order valence-electron chi connectivity index (χ0n) is 11.9. The highest BCUT2D eigenvalue weighted by atomic mass is 16.5. The van der Waals surface area contributed by atoms with E-state index in [4.69, 9.17) is 9.84 Å². The van der Waals surface area contributed by atoms with E-state index >= 15 is 0 Å². The lowest BCUT2D eigenvalue weighted by Crippen LogP contribution is -2.40. The summed E-state index contributed by atoms with van der Waals surface area (Å²) < 4.78 is 5.28. The standard InChI is InChI=1S/C16H17NO4/c1-3-13(16(19)20)17-15(18)12-8-9-14(21-2)11-7-5-4-6-10(11)12/h4-9,13H,3H2,1-2H3,(H,17,18)(H,19,20). The third-order valence-electron chi connectivity index (χ3n) is 3.36. The lowest BCUT2D eigenvalue weighted by Gasteiger charge is -2.14. The lowest BCUT2D eigenvalue weighted by molar-refractivity contribution is -0.139. The van der Waals surface area contributed by atoms with E-state index in [1.54, 1.807) is 26.2 Å². The van der Waals surface area contributed by atoms with Crippen LogP contribution in [0.4, 0.5) is 0 Å². The first-order valence-electron chi connectivity index (χ1n) is 6.67.